The van der Waals surface area contributed by atoms with Crippen molar-refractivity contribution in [3.63, 3.8) is 0 Å². The van der Waals surface area contributed by atoms with Gasteiger partial charge in [-0.05, 0) is 22.9 Å². The highest BCUT2D eigenvalue weighted by Crippen LogP contribution is 2.19. The van der Waals surface area contributed by atoms with Gasteiger partial charge in [0.2, 0.25) is 0 Å². The van der Waals surface area contributed by atoms with Crippen molar-refractivity contribution in [2.45, 2.75) is 0 Å². The third kappa shape index (κ3) is 1.04. The Kier molecular flexibility index (Phi) is 1.47. The number of nitrogens with zero attached hydrogens (tertiary/aromatic N) is 2. The molecule has 0 atom stereocenters. The quantitative estimate of drug-likeness (QED) is 0.496. The first-order valence-corrected chi connectivity index (χ1v) is 4.46. The summed E-state index contributed by atoms with van der Waals surface area (Å²) in [5, 5.41) is 11.2. The summed E-state index contributed by atoms with van der Waals surface area (Å²) in [4.78, 5) is 0. The standard InChI is InChI=1S/C12H7N2/c1-2-4-10-8-12-11(5-6-13-14-12)7-9(10)3-1/h1-7H. The zero-order valence-corrected chi connectivity index (χ0v) is 7.44. The predicted octanol–water partition coefficient (Wildman–Crippen LogP) is 2.58. The van der Waals surface area contributed by atoms with Gasteiger partial charge in [0.05, 0.1) is 6.20 Å². The Hall–Kier alpha value is -1.96. The van der Waals surface area contributed by atoms with Gasteiger partial charge in [-0.25, -0.2) is 0 Å². The van der Waals surface area contributed by atoms with Crippen LogP contribution in [0.1, 0.15) is 0 Å². The van der Waals surface area contributed by atoms with Crippen molar-refractivity contribution in [3.05, 3.63) is 48.7 Å². The topological polar surface area (TPSA) is 25.8 Å². The Morgan fingerprint density at radius 3 is 2.93 bits per heavy atom. The summed E-state index contributed by atoms with van der Waals surface area (Å²) in [6, 6.07) is 15.4. The molecule has 0 aliphatic carbocycles. The highest BCUT2D eigenvalue weighted by Gasteiger charge is 1.97. The van der Waals surface area contributed by atoms with Gasteiger partial charge in [-0.2, -0.15) is 5.10 Å². The fourth-order valence-corrected chi connectivity index (χ4v) is 1.59. The maximum Gasteiger partial charge on any atom is 0.101 e. The molecule has 0 unspecified atom stereocenters. The van der Waals surface area contributed by atoms with Gasteiger partial charge in [-0.15, -0.1) is 5.10 Å². The lowest BCUT2D eigenvalue weighted by Gasteiger charge is -1.98. The normalized spacial score (nSPS) is 10.9. The molecule has 1 heterocycles. The zero-order valence-electron chi connectivity index (χ0n) is 7.44. The van der Waals surface area contributed by atoms with Crippen molar-refractivity contribution in [2.75, 3.05) is 0 Å². The maximum atomic E-state index is 4.03. The summed E-state index contributed by atoms with van der Waals surface area (Å²) < 4.78 is 0. The second-order valence-electron chi connectivity index (χ2n) is 3.19. The van der Waals surface area contributed by atoms with Crippen molar-refractivity contribution in [1.29, 1.82) is 0 Å². The van der Waals surface area contributed by atoms with Crippen molar-refractivity contribution in [3.8, 4) is 0 Å². The van der Waals surface area contributed by atoms with Crippen LogP contribution in [0, 0.1) is 6.07 Å². The molecule has 0 N–H and O–H groups in total. The molecule has 0 saturated heterocycles. The Morgan fingerprint density at radius 2 is 1.93 bits per heavy atom. The zero-order chi connectivity index (χ0) is 9.38. The van der Waals surface area contributed by atoms with E-state index in [-0.39, 0.29) is 0 Å². The van der Waals surface area contributed by atoms with Gasteiger partial charge in [0.25, 0.3) is 0 Å². The lowest BCUT2D eigenvalue weighted by Crippen LogP contribution is -1.82. The third-order valence-corrected chi connectivity index (χ3v) is 2.28. The van der Waals surface area contributed by atoms with Crippen LogP contribution in [0.5, 0.6) is 0 Å². The van der Waals surface area contributed by atoms with Crippen LogP contribution in [0.25, 0.3) is 21.7 Å². The SMILES string of the molecule is [c]1c2ccccc2cc2ccnnc12. The summed E-state index contributed by atoms with van der Waals surface area (Å²) in [5.74, 6) is 0. The van der Waals surface area contributed by atoms with Crippen LogP contribution in [0.15, 0.2) is 42.6 Å². The van der Waals surface area contributed by atoms with E-state index in [1.165, 1.54) is 5.39 Å². The number of hydrogen-bond donors (Lipinski definition) is 0. The summed E-state index contributed by atoms with van der Waals surface area (Å²) in [6.07, 6.45) is 1.70. The van der Waals surface area contributed by atoms with Crippen LogP contribution in [0.3, 0.4) is 0 Å². The van der Waals surface area contributed by atoms with E-state index < -0.39 is 0 Å². The Bertz CT molecular complexity index is 497. The Balaban J connectivity index is 2.52. The van der Waals surface area contributed by atoms with Gasteiger partial charge in [-0.1, -0.05) is 24.3 Å². The molecule has 1 aromatic heterocycles. The number of aromatic nitrogens is 2. The maximum absolute atomic E-state index is 4.03. The largest absolute Gasteiger partial charge is 0.158 e. The molecule has 2 heteroatoms. The van der Waals surface area contributed by atoms with Crippen LogP contribution in [0.2, 0.25) is 0 Å². The van der Waals surface area contributed by atoms with Crippen LogP contribution in [0.4, 0.5) is 0 Å². The first kappa shape index (κ1) is 7.44. The van der Waals surface area contributed by atoms with Gasteiger partial charge in [0, 0.05) is 11.5 Å². The smallest absolute Gasteiger partial charge is 0.101 e. The molecule has 14 heavy (non-hydrogen) atoms. The van der Waals surface area contributed by atoms with E-state index >= 15 is 0 Å². The number of benzene rings is 2. The minimum atomic E-state index is 0.825. The second-order valence-corrected chi connectivity index (χ2v) is 3.19. The molecule has 0 spiro atoms. The molecule has 0 amide bonds. The van der Waals surface area contributed by atoms with Gasteiger partial charge >= 0.3 is 0 Å². The van der Waals surface area contributed by atoms with Gasteiger partial charge in [-0.3, -0.25) is 0 Å². The van der Waals surface area contributed by atoms with Crippen molar-refractivity contribution in [2.24, 2.45) is 0 Å². The molecule has 3 rings (SSSR count). The third-order valence-electron chi connectivity index (χ3n) is 2.28. The molecule has 0 aliphatic rings. The molecular formula is C12H7N2. The van der Waals surface area contributed by atoms with E-state index in [2.05, 4.69) is 28.4 Å². The highest BCUT2D eigenvalue weighted by molar-refractivity contribution is 5.95. The molecule has 2 aromatic carbocycles. The molecule has 1 radical (unpaired) electrons. The first-order chi connectivity index (χ1) is 6.93. The fourth-order valence-electron chi connectivity index (χ4n) is 1.59. The fraction of sp³-hybridized carbons (Fsp3) is 0. The summed E-state index contributed by atoms with van der Waals surface area (Å²) in [5.41, 5.74) is 0.825. The lowest BCUT2D eigenvalue weighted by atomic mass is 10.1. The van der Waals surface area contributed by atoms with Crippen LogP contribution in [-0.4, -0.2) is 10.2 Å². The van der Waals surface area contributed by atoms with Crippen molar-refractivity contribution >= 4 is 21.7 Å². The van der Waals surface area contributed by atoms with E-state index in [1.54, 1.807) is 6.20 Å². The monoisotopic (exact) mass is 179 g/mol. The summed E-state index contributed by atoms with van der Waals surface area (Å²) in [6.45, 7) is 0. The molecule has 0 saturated carbocycles. The van der Waals surface area contributed by atoms with Gasteiger partial charge in [0.1, 0.15) is 5.52 Å². The molecule has 3 aromatic rings. The minimum absolute atomic E-state index is 0.825. The first-order valence-electron chi connectivity index (χ1n) is 4.46. The van der Waals surface area contributed by atoms with Crippen LogP contribution < -0.4 is 0 Å². The minimum Gasteiger partial charge on any atom is -0.158 e. The van der Waals surface area contributed by atoms with Crippen molar-refractivity contribution in [1.82, 2.24) is 10.2 Å². The van der Waals surface area contributed by atoms with Gasteiger partial charge in [0.15, 0.2) is 0 Å². The Labute approximate surface area is 81.2 Å². The van der Waals surface area contributed by atoms with Gasteiger partial charge < -0.3 is 0 Å². The Morgan fingerprint density at radius 1 is 1.00 bits per heavy atom. The van der Waals surface area contributed by atoms with E-state index in [4.69, 9.17) is 0 Å². The molecule has 0 aliphatic heterocycles. The van der Waals surface area contributed by atoms with Crippen LogP contribution >= 0.6 is 0 Å². The predicted molar refractivity (Wildman–Crippen MR) is 55.9 cm³/mol. The molecule has 0 fully saturated rings. The van der Waals surface area contributed by atoms with E-state index in [0.717, 1.165) is 16.3 Å². The average Bonchev–Trinajstić information content (AvgIpc) is 2.26. The molecule has 0 bridgehead atoms. The number of rotatable bonds is 0. The van der Waals surface area contributed by atoms with Crippen LogP contribution in [-0.2, 0) is 0 Å². The van der Waals surface area contributed by atoms with E-state index in [0.29, 0.717) is 0 Å². The lowest BCUT2D eigenvalue weighted by molar-refractivity contribution is 1.08. The molecule has 2 nitrogen and oxygen atoms in total. The van der Waals surface area contributed by atoms with E-state index in [1.807, 2.05) is 24.3 Å². The van der Waals surface area contributed by atoms with Crippen molar-refractivity contribution < 1.29 is 0 Å². The summed E-state index contributed by atoms with van der Waals surface area (Å²) >= 11 is 0. The number of fused-ring (bicyclic) bond motifs is 2. The average molecular weight is 179 g/mol. The summed E-state index contributed by atoms with van der Waals surface area (Å²) in [7, 11) is 0. The molecule has 65 valence electrons. The second kappa shape index (κ2) is 2.77. The van der Waals surface area contributed by atoms with E-state index in [9.17, 15) is 0 Å². The number of hydrogen-bond acceptors (Lipinski definition) is 2. The highest BCUT2D eigenvalue weighted by atomic mass is 15.1. The molecular weight excluding hydrogens is 172 g/mol.